The van der Waals surface area contributed by atoms with Crippen molar-refractivity contribution in [1.82, 2.24) is 9.97 Å². The molecule has 104 valence electrons. The number of hydrogen-bond acceptors (Lipinski definition) is 3. The van der Waals surface area contributed by atoms with E-state index < -0.39 is 5.97 Å². The van der Waals surface area contributed by atoms with Crippen LogP contribution in [0.1, 0.15) is 73.2 Å². The van der Waals surface area contributed by atoms with Gasteiger partial charge in [0.25, 0.3) is 0 Å². The van der Waals surface area contributed by atoms with Crippen LogP contribution in [-0.4, -0.2) is 21.0 Å². The van der Waals surface area contributed by atoms with Gasteiger partial charge in [-0.3, -0.25) is 0 Å². The van der Waals surface area contributed by atoms with Crippen LogP contribution in [0, 0.1) is 12.8 Å². The van der Waals surface area contributed by atoms with Gasteiger partial charge in [0.05, 0.1) is 0 Å². The average molecular weight is 262 g/mol. The maximum atomic E-state index is 11.1. The minimum Gasteiger partial charge on any atom is -0.477 e. The molecule has 1 fully saturated rings. The summed E-state index contributed by atoms with van der Waals surface area (Å²) in [5.41, 5.74) is 0.789. The summed E-state index contributed by atoms with van der Waals surface area (Å²) in [7, 11) is 0. The largest absolute Gasteiger partial charge is 0.477 e. The van der Waals surface area contributed by atoms with Crippen LogP contribution >= 0.6 is 0 Å². The van der Waals surface area contributed by atoms with Crippen molar-refractivity contribution in [2.75, 3.05) is 0 Å². The second-order valence-corrected chi connectivity index (χ2v) is 5.57. The lowest BCUT2D eigenvalue weighted by Gasteiger charge is -2.27. The van der Waals surface area contributed by atoms with Crippen molar-refractivity contribution in [3.05, 3.63) is 23.3 Å². The molecule has 0 spiro atoms. The van der Waals surface area contributed by atoms with Crippen molar-refractivity contribution in [1.29, 1.82) is 0 Å². The Morgan fingerprint density at radius 3 is 2.63 bits per heavy atom. The van der Waals surface area contributed by atoms with Crippen LogP contribution in [0.2, 0.25) is 0 Å². The first-order chi connectivity index (χ1) is 9.11. The van der Waals surface area contributed by atoms with E-state index in [-0.39, 0.29) is 5.69 Å². The number of carboxylic acids is 1. The molecule has 0 atom stereocenters. The van der Waals surface area contributed by atoms with Crippen LogP contribution in [0.5, 0.6) is 0 Å². The standard InChI is InChI=1S/C15H22N2O2/c1-3-4-11-5-7-12(8-6-11)14-16-9-10(2)13(17-14)15(18)19/h9,11-12H,3-8H2,1-2H3,(H,18,19). The molecular formula is C15H22N2O2. The van der Waals surface area contributed by atoms with E-state index in [2.05, 4.69) is 16.9 Å². The monoisotopic (exact) mass is 262 g/mol. The molecule has 0 bridgehead atoms. The predicted molar refractivity (Wildman–Crippen MR) is 73.3 cm³/mol. The molecular weight excluding hydrogens is 240 g/mol. The lowest BCUT2D eigenvalue weighted by molar-refractivity contribution is 0.0688. The smallest absolute Gasteiger partial charge is 0.354 e. The van der Waals surface area contributed by atoms with Crippen molar-refractivity contribution in [2.24, 2.45) is 5.92 Å². The molecule has 1 heterocycles. The summed E-state index contributed by atoms with van der Waals surface area (Å²) in [6, 6.07) is 0. The lowest BCUT2D eigenvalue weighted by atomic mass is 9.80. The summed E-state index contributed by atoms with van der Waals surface area (Å²) in [6.45, 7) is 3.97. The van der Waals surface area contributed by atoms with Gasteiger partial charge in [-0.05, 0) is 38.5 Å². The molecule has 0 saturated heterocycles. The molecule has 1 saturated carbocycles. The summed E-state index contributed by atoms with van der Waals surface area (Å²) in [6.07, 6.45) is 8.82. The summed E-state index contributed by atoms with van der Waals surface area (Å²) in [4.78, 5) is 19.7. The van der Waals surface area contributed by atoms with E-state index in [4.69, 9.17) is 5.11 Å². The Labute approximate surface area is 114 Å². The zero-order chi connectivity index (χ0) is 13.8. The highest BCUT2D eigenvalue weighted by atomic mass is 16.4. The molecule has 1 aliphatic carbocycles. The van der Waals surface area contributed by atoms with E-state index >= 15 is 0 Å². The number of carboxylic acid groups (broad SMARTS) is 1. The highest BCUT2D eigenvalue weighted by Gasteiger charge is 2.24. The zero-order valence-corrected chi connectivity index (χ0v) is 11.7. The van der Waals surface area contributed by atoms with Gasteiger partial charge in [0.15, 0.2) is 5.69 Å². The van der Waals surface area contributed by atoms with E-state index in [1.807, 2.05) is 0 Å². The molecule has 4 nitrogen and oxygen atoms in total. The van der Waals surface area contributed by atoms with E-state index in [0.717, 1.165) is 24.6 Å². The first-order valence-corrected chi connectivity index (χ1v) is 7.18. The minimum absolute atomic E-state index is 0.153. The minimum atomic E-state index is -0.958. The summed E-state index contributed by atoms with van der Waals surface area (Å²) >= 11 is 0. The molecule has 1 aliphatic rings. The number of rotatable bonds is 4. The zero-order valence-electron chi connectivity index (χ0n) is 11.7. The molecule has 1 N–H and O–H groups in total. The Bertz CT molecular complexity index is 451. The Kier molecular flexibility index (Phi) is 4.51. The Balaban J connectivity index is 2.07. The lowest BCUT2D eigenvalue weighted by Crippen LogP contribution is -2.17. The molecule has 0 unspecified atom stereocenters. The number of aromatic carboxylic acids is 1. The third-order valence-corrected chi connectivity index (χ3v) is 4.10. The van der Waals surface area contributed by atoms with Gasteiger partial charge in [-0.15, -0.1) is 0 Å². The van der Waals surface area contributed by atoms with Crippen molar-refractivity contribution in [3.63, 3.8) is 0 Å². The molecule has 0 amide bonds. The molecule has 4 heteroatoms. The molecule has 1 aromatic rings. The van der Waals surface area contributed by atoms with Gasteiger partial charge in [0.2, 0.25) is 0 Å². The van der Waals surface area contributed by atoms with E-state index in [0.29, 0.717) is 11.5 Å². The molecule has 1 aromatic heterocycles. The Morgan fingerprint density at radius 2 is 2.05 bits per heavy atom. The maximum Gasteiger partial charge on any atom is 0.354 e. The Hall–Kier alpha value is -1.45. The fraction of sp³-hybridized carbons (Fsp3) is 0.667. The van der Waals surface area contributed by atoms with E-state index in [1.54, 1.807) is 13.1 Å². The normalized spacial score (nSPS) is 23.3. The molecule has 2 rings (SSSR count). The van der Waals surface area contributed by atoms with Crippen molar-refractivity contribution < 1.29 is 9.90 Å². The van der Waals surface area contributed by atoms with Crippen LogP contribution in [0.3, 0.4) is 0 Å². The second kappa shape index (κ2) is 6.13. The van der Waals surface area contributed by atoms with E-state index in [9.17, 15) is 4.79 Å². The third kappa shape index (κ3) is 3.31. The summed E-state index contributed by atoms with van der Waals surface area (Å²) in [5, 5.41) is 9.11. The van der Waals surface area contributed by atoms with Crippen LogP contribution in [0.15, 0.2) is 6.20 Å². The number of aromatic nitrogens is 2. The molecule has 0 aliphatic heterocycles. The highest BCUT2D eigenvalue weighted by Crippen LogP contribution is 2.36. The maximum absolute atomic E-state index is 11.1. The molecule has 19 heavy (non-hydrogen) atoms. The van der Waals surface area contributed by atoms with Crippen molar-refractivity contribution in [2.45, 2.75) is 58.3 Å². The van der Waals surface area contributed by atoms with Crippen LogP contribution in [-0.2, 0) is 0 Å². The summed E-state index contributed by atoms with van der Waals surface area (Å²) < 4.78 is 0. The highest BCUT2D eigenvalue weighted by molar-refractivity contribution is 5.86. The van der Waals surface area contributed by atoms with Gasteiger partial charge in [0, 0.05) is 17.7 Å². The number of hydrogen-bond donors (Lipinski definition) is 1. The van der Waals surface area contributed by atoms with Gasteiger partial charge in [-0.2, -0.15) is 0 Å². The van der Waals surface area contributed by atoms with Gasteiger partial charge < -0.3 is 5.11 Å². The van der Waals surface area contributed by atoms with Gasteiger partial charge in [-0.1, -0.05) is 19.8 Å². The predicted octanol–water partition coefficient (Wildman–Crippen LogP) is 3.56. The first kappa shape index (κ1) is 14.0. The van der Waals surface area contributed by atoms with Gasteiger partial charge in [-0.25, -0.2) is 14.8 Å². The number of carbonyl (C=O) groups is 1. The SMILES string of the molecule is CCCC1CCC(c2ncc(C)c(C(=O)O)n2)CC1. The molecule has 0 radical (unpaired) electrons. The van der Waals surface area contributed by atoms with Crippen LogP contribution in [0.25, 0.3) is 0 Å². The fourth-order valence-electron chi connectivity index (χ4n) is 2.99. The van der Waals surface area contributed by atoms with Gasteiger partial charge >= 0.3 is 5.97 Å². The summed E-state index contributed by atoms with van der Waals surface area (Å²) in [5.74, 6) is 0.941. The number of aryl methyl sites for hydroxylation is 1. The fourth-order valence-corrected chi connectivity index (χ4v) is 2.99. The van der Waals surface area contributed by atoms with Gasteiger partial charge in [0.1, 0.15) is 5.82 Å². The van der Waals surface area contributed by atoms with E-state index in [1.165, 1.54) is 25.7 Å². The van der Waals surface area contributed by atoms with Crippen molar-refractivity contribution >= 4 is 5.97 Å². The third-order valence-electron chi connectivity index (χ3n) is 4.10. The van der Waals surface area contributed by atoms with Crippen molar-refractivity contribution in [3.8, 4) is 0 Å². The number of nitrogens with zero attached hydrogens (tertiary/aromatic N) is 2. The topological polar surface area (TPSA) is 63.1 Å². The average Bonchev–Trinajstić information content (AvgIpc) is 2.40. The molecule has 0 aromatic carbocycles. The quantitative estimate of drug-likeness (QED) is 0.901. The van der Waals surface area contributed by atoms with Crippen LogP contribution < -0.4 is 0 Å². The second-order valence-electron chi connectivity index (χ2n) is 5.57. The first-order valence-electron chi connectivity index (χ1n) is 7.18. The Morgan fingerprint density at radius 1 is 1.37 bits per heavy atom. The van der Waals surface area contributed by atoms with Crippen LogP contribution in [0.4, 0.5) is 0 Å².